The standard InChI is InChI=1S/C14H10BrF4NS.C2H6/c1-7-4-2-3-5-8(7)6-20-21-14-9(15)10(16)11(17)12(18)13(14)19;1-2/h2-5,20H,6H2,1H3;1-2H3. The maximum Gasteiger partial charge on any atom is 0.198 e. The number of hydrogen-bond acceptors (Lipinski definition) is 2. The fraction of sp³-hybridized carbons (Fsp3) is 0.250. The Kier molecular flexibility index (Phi) is 8.08. The van der Waals surface area contributed by atoms with Crippen molar-refractivity contribution >= 4 is 27.9 Å². The Morgan fingerprint density at radius 2 is 1.52 bits per heavy atom. The fourth-order valence-electron chi connectivity index (χ4n) is 1.67. The van der Waals surface area contributed by atoms with Crippen molar-refractivity contribution in [2.24, 2.45) is 0 Å². The van der Waals surface area contributed by atoms with Crippen LogP contribution in [0.1, 0.15) is 25.0 Å². The Morgan fingerprint density at radius 1 is 0.957 bits per heavy atom. The highest BCUT2D eigenvalue weighted by molar-refractivity contribution is 9.10. The zero-order valence-corrected chi connectivity index (χ0v) is 15.2. The van der Waals surface area contributed by atoms with Gasteiger partial charge < -0.3 is 0 Å². The molecule has 2 aromatic carbocycles. The van der Waals surface area contributed by atoms with Crippen molar-refractivity contribution in [1.29, 1.82) is 0 Å². The molecule has 0 spiro atoms. The highest BCUT2D eigenvalue weighted by atomic mass is 79.9. The average molecular weight is 410 g/mol. The number of benzene rings is 2. The molecule has 2 rings (SSSR count). The third kappa shape index (κ3) is 4.71. The quantitative estimate of drug-likeness (QED) is 0.281. The van der Waals surface area contributed by atoms with E-state index in [0.29, 0.717) is 18.5 Å². The van der Waals surface area contributed by atoms with Crippen LogP contribution in [0.15, 0.2) is 33.6 Å². The van der Waals surface area contributed by atoms with Gasteiger partial charge in [0.1, 0.15) is 0 Å². The van der Waals surface area contributed by atoms with Crippen molar-refractivity contribution in [1.82, 2.24) is 4.72 Å². The second kappa shape index (κ2) is 9.30. The van der Waals surface area contributed by atoms with Crippen molar-refractivity contribution in [3.05, 3.63) is 63.1 Å². The van der Waals surface area contributed by atoms with Crippen molar-refractivity contribution < 1.29 is 17.6 Å². The van der Waals surface area contributed by atoms with Crippen LogP contribution in [0.2, 0.25) is 0 Å². The molecule has 0 unspecified atom stereocenters. The van der Waals surface area contributed by atoms with Gasteiger partial charge in [0.25, 0.3) is 0 Å². The van der Waals surface area contributed by atoms with Crippen LogP contribution >= 0.6 is 27.9 Å². The van der Waals surface area contributed by atoms with Gasteiger partial charge >= 0.3 is 0 Å². The molecule has 0 fully saturated rings. The van der Waals surface area contributed by atoms with Gasteiger partial charge in [0.15, 0.2) is 23.3 Å². The molecule has 0 amide bonds. The van der Waals surface area contributed by atoms with Crippen LogP contribution in [-0.4, -0.2) is 0 Å². The average Bonchev–Trinajstić information content (AvgIpc) is 2.57. The largest absolute Gasteiger partial charge is 0.255 e. The Hall–Kier alpha value is -1.05. The lowest BCUT2D eigenvalue weighted by Crippen LogP contribution is -2.07. The van der Waals surface area contributed by atoms with Crippen LogP contribution < -0.4 is 4.72 Å². The molecule has 23 heavy (non-hydrogen) atoms. The minimum absolute atomic E-state index is 0.361. The molecule has 0 saturated carbocycles. The molecule has 1 nitrogen and oxygen atoms in total. The molecule has 0 radical (unpaired) electrons. The number of rotatable bonds is 4. The lowest BCUT2D eigenvalue weighted by atomic mass is 10.1. The highest BCUT2D eigenvalue weighted by Gasteiger charge is 2.24. The molecular weight excluding hydrogens is 394 g/mol. The number of hydrogen-bond donors (Lipinski definition) is 1. The maximum absolute atomic E-state index is 13.6. The molecule has 7 heteroatoms. The minimum Gasteiger partial charge on any atom is -0.255 e. The van der Waals surface area contributed by atoms with Crippen molar-refractivity contribution in [2.45, 2.75) is 32.2 Å². The van der Waals surface area contributed by atoms with Gasteiger partial charge in [-0.15, -0.1) is 0 Å². The van der Waals surface area contributed by atoms with Crippen molar-refractivity contribution in [2.75, 3.05) is 0 Å². The third-order valence-electron chi connectivity index (χ3n) is 2.87. The first kappa shape index (κ1) is 20.0. The molecule has 0 bridgehead atoms. The van der Waals surface area contributed by atoms with Gasteiger partial charge in [-0.3, -0.25) is 4.72 Å². The lowest BCUT2D eigenvalue weighted by molar-refractivity contribution is 0.395. The van der Waals surface area contributed by atoms with E-state index >= 15 is 0 Å². The molecule has 0 aliphatic heterocycles. The molecule has 0 heterocycles. The minimum atomic E-state index is -1.83. The zero-order chi connectivity index (χ0) is 17.6. The van der Waals surface area contributed by atoms with Crippen LogP contribution in [0.3, 0.4) is 0 Å². The Bertz CT molecular complexity index is 650. The Labute approximate surface area is 145 Å². The summed E-state index contributed by atoms with van der Waals surface area (Å²) >= 11 is 3.43. The summed E-state index contributed by atoms with van der Waals surface area (Å²) in [6.45, 7) is 6.28. The number of halogens is 5. The van der Waals surface area contributed by atoms with E-state index in [1.165, 1.54) is 0 Å². The molecule has 0 aliphatic carbocycles. The molecule has 2 aromatic rings. The Balaban J connectivity index is 0.00000127. The fourth-order valence-corrected chi connectivity index (χ4v) is 2.99. The second-order valence-corrected chi connectivity index (χ2v) is 5.94. The van der Waals surface area contributed by atoms with Crippen molar-refractivity contribution in [3.63, 3.8) is 0 Å². The van der Waals surface area contributed by atoms with Crippen LogP contribution in [0, 0.1) is 30.2 Å². The highest BCUT2D eigenvalue weighted by Crippen LogP contribution is 2.34. The maximum atomic E-state index is 13.6. The summed E-state index contributed by atoms with van der Waals surface area (Å²) in [5.74, 6) is -6.53. The zero-order valence-electron chi connectivity index (χ0n) is 12.8. The van der Waals surface area contributed by atoms with Crippen LogP contribution in [0.4, 0.5) is 17.6 Å². The Morgan fingerprint density at radius 3 is 2.13 bits per heavy atom. The summed E-state index contributed by atoms with van der Waals surface area (Å²) in [7, 11) is 0. The first-order valence-corrected chi connectivity index (χ1v) is 8.50. The molecule has 0 aliphatic rings. The van der Waals surface area contributed by atoms with E-state index < -0.39 is 27.7 Å². The lowest BCUT2D eigenvalue weighted by Gasteiger charge is -2.10. The normalized spacial score (nSPS) is 10.3. The van der Waals surface area contributed by atoms with Gasteiger partial charge in [-0.2, -0.15) is 0 Å². The number of nitrogens with one attached hydrogen (secondary N) is 1. The van der Waals surface area contributed by atoms with E-state index in [1.54, 1.807) is 0 Å². The summed E-state index contributed by atoms with van der Waals surface area (Å²) in [4.78, 5) is -0.361. The van der Waals surface area contributed by atoms with Gasteiger partial charge in [-0.05, 0) is 45.9 Å². The van der Waals surface area contributed by atoms with Crippen LogP contribution in [0.5, 0.6) is 0 Å². The molecular formula is C16H16BrF4NS. The summed E-state index contributed by atoms with van der Waals surface area (Å²) in [6.07, 6.45) is 0. The topological polar surface area (TPSA) is 12.0 Å². The van der Waals surface area contributed by atoms with Gasteiger partial charge in [0.2, 0.25) is 0 Å². The van der Waals surface area contributed by atoms with E-state index in [9.17, 15) is 17.6 Å². The molecule has 1 N–H and O–H groups in total. The monoisotopic (exact) mass is 409 g/mol. The summed E-state index contributed by atoms with van der Waals surface area (Å²) in [6, 6.07) is 7.52. The first-order valence-electron chi connectivity index (χ1n) is 6.89. The van der Waals surface area contributed by atoms with Gasteiger partial charge in [-0.25, -0.2) is 17.6 Å². The molecule has 0 aromatic heterocycles. The van der Waals surface area contributed by atoms with E-state index in [4.69, 9.17) is 0 Å². The summed E-state index contributed by atoms with van der Waals surface area (Å²) in [5, 5.41) is 0. The van der Waals surface area contributed by atoms with Gasteiger partial charge in [-0.1, -0.05) is 38.1 Å². The van der Waals surface area contributed by atoms with E-state index in [-0.39, 0.29) is 4.90 Å². The SMILES string of the molecule is CC.Cc1ccccc1CNSc1c(F)c(F)c(F)c(F)c1Br. The van der Waals surface area contributed by atoms with E-state index in [1.807, 2.05) is 45.0 Å². The van der Waals surface area contributed by atoms with Gasteiger partial charge in [0, 0.05) is 6.54 Å². The van der Waals surface area contributed by atoms with Gasteiger partial charge in [0.05, 0.1) is 9.37 Å². The second-order valence-electron chi connectivity index (χ2n) is 4.25. The third-order valence-corrected chi connectivity index (χ3v) is 4.75. The first-order chi connectivity index (χ1) is 10.9. The predicted octanol–water partition coefficient (Wildman–Crippen LogP) is 6.14. The van der Waals surface area contributed by atoms with E-state index in [0.717, 1.165) is 11.1 Å². The summed E-state index contributed by atoms with van der Waals surface area (Å²) < 4.78 is 55.6. The molecule has 126 valence electrons. The molecule has 0 atom stereocenters. The van der Waals surface area contributed by atoms with E-state index in [2.05, 4.69) is 20.7 Å². The summed E-state index contributed by atoms with van der Waals surface area (Å²) in [5.41, 5.74) is 1.99. The predicted molar refractivity (Wildman–Crippen MR) is 89.2 cm³/mol. The number of aryl methyl sites for hydroxylation is 1. The molecule has 0 saturated heterocycles. The van der Waals surface area contributed by atoms with Crippen LogP contribution in [-0.2, 0) is 6.54 Å². The van der Waals surface area contributed by atoms with Crippen LogP contribution in [0.25, 0.3) is 0 Å². The smallest absolute Gasteiger partial charge is 0.198 e. The van der Waals surface area contributed by atoms with Crippen molar-refractivity contribution in [3.8, 4) is 0 Å².